The largest absolute Gasteiger partial charge is 0.368 e. The average molecular weight is 102 g/mol. The molecule has 0 heterocycles. The first-order valence-corrected chi connectivity index (χ1v) is 2.31. The Hall–Kier alpha value is -0.0151. The van der Waals surface area contributed by atoms with Crippen LogP contribution in [0.2, 0.25) is 5.31 Å². The maximum absolute atomic E-state index is 8.44. The van der Waals surface area contributed by atoms with Crippen molar-refractivity contribution in [3.05, 3.63) is 0 Å². The fourth-order valence-electron chi connectivity index (χ4n) is 0. The molecule has 0 atom stereocenters. The minimum Gasteiger partial charge on any atom is -0.368 e. The molecule has 0 rings (SSSR count). The van der Waals surface area contributed by atoms with E-state index in [-0.39, 0.29) is 5.31 Å². The molecular formula is C4H11BO2. The highest BCUT2D eigenvalue weighted by atomic mass is 16.5. The maximum Gasteiger partial charge on any atom is 0.149 e. The van der Waals surface area contributed by atoms with Crippen molar-refractivity contribution in [2.75, 3.05) is 0 Å². The van der Waals surface area contributed by atoms with Gasteiger partial charge in [-0.2, -0.15) is 0 Å². The summed E-state index contributed by atoms with van der Waals surface area (Å²) in [5, 5.41) is 16.5. The molecule has 7 heavy (non-hydrogen) atoms. The Bertz CT molecular complexity index is 55.2. The molecule has 0 bridgehead atoms. The summed E-state index contributed by atoms with van der Waals surface area (Å²) in [6.45, 7) is 3.52. The summed E-state index contributed by atoms with van der Waals surface area (Å²) in [6, 6.07) is 0. The topological polar surface area (TPSA) is 40.5 Å². The molecule has 0 radical (unpaired) electrons. The van der Waals surface area contributed by atoms with E-state index in [9.17, 15) is 0 Å². The van der Waals surface area contributed by atoms with Gasteiger partial charge in [-0.3, -0.25) is 0 Å². The van der Waals surface area contributed by atoms with Gasteiger partial charge in [0, 0.05) is 0 Å². The quantitative estimate of drug-likeness (QED) is 0.333. The smallest absolute Gasteiger partial charge is 0.149 e. The second-order valence-electron chi connectivity index (χ2n) is 2.74. The highest BCUT2D eigenvalue weighted by Crippen LogP contribution is 2.20. The lowest BCUT2D eigenvalue weighted by Crippen LogP contribution is -2.21. The van der Waals surface area contributed by atoms with Gasteiger partial charge in [-0.25, -0.2) is 0 Å². The third kappa shape index (κ3) is 2.65. The predicted molar refractivity (Wildman–Crippen MR) is 30.8 cm³/mol. The van der Waals surface area contributed by atoms with Crippen LogP contribution in [0.3, 0.4) is 0 Å². The molecule has 0 aromatic heterocycles. The van der Waals surface area contributed by atoms with Crippen molar-refractivity contribution in [2.24, 2.45) is 0 Å². The fourth-order valence-corrected chi connectivity index (χ4v) is 0. The van der Waals surface area contributed by atoms with Gasteiger partial charge in [0.25, 0.3) is 0 Å². The molecule has 0 aromatic carbocycles. The molecule has 2 nitrogen and oxygen atoms in total. The molecule has 3 heteroatoms. The van der Waals surface area contributed by atoms with Crippen molar-refractivity contribution in [2.45, 2.75) is 25.5 Å². The molecule has 0 spiro atoms. The maximum atomic E-state index is 8.44. The van der Waals surface area contributed by atoms with Crippen LogP contribution in [0.25, 0.3) is 0 Å². The molecular weight excluding hydrogens is 90.9 g/mol. The average Bonchev–Trinajstić information content (AvgIpc) is 1.31. The van der Waals surface area contributed by atoms with E-state index in [0.29, 0.717) is 0 Å². The first-order chi connectivity index (χ1) is 2.94. The number of hydrogen-bond acceptors (Lipinski definition) is 2. The monoisotopic (exact) mass is 102 g/mol. The molecule has 0 aliphatic rings. The van der Waals surface area contributed by atoms with Gasteiger partial charge in [-0.05, 0) is 5.31 Å². The third-order valence-corrected chi connectivity index (χ3v) is 0.775. The van der Waals surface area contributed by atoms with E-state index in [4.69, 9.17) is 10.2 Å². The molecule has 0 saturated carbocycles. The van der Waals surface area contributed by atoms with Crippen molar-refractivity contribution >= 4 is 7.85 Å². The lowest BCUT2D eigenvalue weighted by Gasteiger charge is -2.19. The van der Waals surface area contributed by atoms with Crippen LogP contribution in [0.1, 0.15) is 13.8 Å². The molecule has 0 aliphatic heterocycles. The minimum absolute atomic E-state index is 0.389. The van der Waals surface area contributed by atoms with Crippen LogP contribution in [0.5, 0.6) is 0 Å². The summed E-state index contributed by atoms with van der Waals surface area (Å²) in [5.74, 6) is 0. The number of hydrogen-bond donors (Lipinski definition) is 2. The van der Waals surface area contributed by atoms with E-state index in [1.54, 1.807) is 21.7 Å². The third-order valence-electron chi connectivity index (χ3n) is 0.775. The van der Waals surface area contributed by atoms with Crippen LogP contribution >= 0.6 is 0 Å². The first-order valence-electron chi connectivity index (χ1n) is 2.31. The van der Waals surface area contributed by atoms with Crippen molar-refractivity contribution in [3.63, 3.8) is 0 Å². The highest BCUT2D eigenvalue weighted by molar-refractivity contribution is 6.14. The first kappa shape index (κ1) is 6.98. The lowest BCUT2D eigenvalue weighted by atomic mass is 9.72. The van der Waals surface area contributed by atoms with Crippen molar-refractivity contribution in [1.29, 1.82) is 0 Å². The van der Waals surface area contributed by atoms with Crippen molar-refractivity contribution in [1.82, 2.24) is 0 Å². The summed E-state index contributed by atoms with van der Waals surface area (Å²) in [5.41, 5.74) is 0. The molecule has 0 aliphatic carbocycles. The Morgan fingerprint density at radius 2 is 1.57 bits per heavy atom. The SMILES string of the molecule is BC(C)(C)C(O)O. The van der Waals surface area contributed by atoms with Gasteiger partial charge in [-0.1, -0.05) is 13.8 Å². The predicted octanol–water partition coefficient (Wildman–Crippen LogP) is -0.871. The van der Waals surface area contributed by atoms with Gasteiger partial charge in [-0.15, -0.1) is 0 Å². The Labute approximate surface area is 44.6 Å². The van der Waals surface area contributed by atoms with Crippen molar-refractivity contribution in [3.8, 4) is 0 Å². The standard InChI is InChI=1S/C4H11BO2/c1-4(2,5)3(6)7/h3,6-7H,5H2,1-2H3. The number of aliphatic hydroxyl groups excluding tert-OH is 1. The second kappa shape index (κ2) is 1.84. The van der Waals surface area contributed by atoms with Gasteiger partial charge in [0.15, 0.2) is 0 Å². The zero-order valence-corrected chi connectivity index (χ0v) is 4.97. The normalized spacial score (nSPS) is 12.7. The molecule has 0 unspecified atom stereocenters. The summed E-state index contributed by atoms with van der Waals surface area (Å²) >= 11 is 0. The Morgan fingerprint density at radius 3 is 1.57 bits per heavy atom. The zero-order valence-electron chi connectivity index (χ0n) is 4.97. The van der Waals surface area contributed by atoms with Gasteiger partial charge >= 0.3 is 0 Å². The van der Waals surface area contributed by atoms with Crippen LogP contribution in [0.15, 0.2) is 0 Å². The van der Waals surface area contributed by atoms with E-state index in [2.05, 4.69) is 0 Å². The van der Waals surface area contributed by atoms with Crippen LogP contribution < -0.4 is 0 Å². The Balaban J connectivity index is 3.54. The van der Waals surface area contributed by atoms with E-state index in [0.717, 1.165) is 0 Å². The highest BCUT2D eigenvalue weighted by Gasteiger charge is 2.18. The summed E-state index contributed by atoms with van der Waals surface area (Å²) < 4.78 is 0. The Kier molecular flexibility index (Phi) is 1.84. The number of aliphatic hydroxyl groups is 2. The van der Waals surface area contributed by atoms with E-state index in [1.165, 1.54) is 0 Å². The Morgan fingerprint density at radius 1 is 1.43 bits per heavy atom. The molecule has 0 aromatic rings. The lowest BCUT2D eigenvalue weighted by molar-refractivity contribution is -0.0659. The summed E-state index contributed by atoms with van der Waals surface area (Å²) in [7, 11) is 1.76. The molecule has 0 amide bonds. The number of rotatable bonds is 1. The zero-order chi connectivity index (χ0) is 6.08. The molecule has 0 saturated heterocycles. The van der Waals surface area contributed by atoms with Crippen LogP contribution in [-0.4, -0.2) is 24.3 Å². The van der Waals surface area contributed by atoms with Gasteiger partial charge < -0.3 is 10.2 Å². The minimum atomic E-state index is -1.20. The second-order valence-corrected chi connectivity index (χ2v) is 2.74. The van der Waals surface area contributed by atoms with Crippen LogP contribution in [-0.2, 0) is 0 Å². The van der Waals surface area contributed by atoms with Gasteiger partial charge in [0.2, 0.25) is 0 Å². The van der Waals surface area contributed by atoms with Crippen molar-refractivity contribution < 1.29 is 10.2 Å². The molecule has 2 N–H and O–H groups in total. The fraction of sp³-hybridized carbons (Fsp3) is 1.00. The molecule has 0 fully saturated rings. The van der Waals surface area contributed by atoms with Crippen LogP contribution in [0.4, 0.5) is 0 Å². The van der Waals surface area contributed by atoms with E-state index in [1.807, 2.05) is 0 Å². The van der Waals surface area contributed by atoms with Gasteiger partial charge in [0.05, 0.1) is 0 Å². The van der Waals surface area contributed by atoms with E-state index < -0.39 is 6.29 Å². The molecule has 42 valence electrons. The summed E-state index contributed by atoms with van der Waals surface area (Å²) in [4.78, 5) is 0. The summed E-state index contributed by atoms with van der Waals surface area (Å²) in [6.07, 6.45) is -1.20. The van der Waals surface area contributed by atoms with Crippen LogP contribution in [0, 0.1) is 0 Å². The van der Waals surface area contributed by atoms with E-state index >= 15 is 0 Å². The van der Waals surface area contributed by atoms with Gasteiger partial charge in [0.1, 0.15) is 14.1 Å².